The maximum Gasteiger partial charge on any atom is 0.250 e. The first-order valence-electron chi connectivity index (χ1n) is 7.29. The van der Waals surface area contributed by atoms with E-state index in [-0.39, 0.29) is 5.54 Å². The van der Waals surface area contributed by atoms with E-state index in [9.17, 15) is 9.59 Å². The van der Waals surface area contributed by atoms with Gasteiger partial charge < -0.3 is 14.8 Å². The lowest BCUT2D eigenvalue weighted by molar-refractivity contribution is 0.395. The van der Waals surface area contributed by atoms with Gasteiger partial charge in [0, 0.05) is 21.6 Å². The lowest BCUT2D eigenvalue weighted by Gasteiger charge is -2.28. The van der Waals surface area contributed by atoms with E-state index >= 15 is 0 Å². The predicted octanol–water partition coefficient (Wildman–Crippen LogP) is 3.33. The van der Waals surface area contributed by atoms with Gasteiger partial charge in [-0.25, -0.2) is 0 Å². The van der Waals surface area contributed by atoms with E-state index in [1.54, 1.807) is 19.2 Å². The monoisotopic (exact) mass is 381 g/mol. The molecule has 23 heavy (non-hydrogen) atoms. The van der Waals surface area contributed by atoms with Crippen molar-refractivity contribution in [1.29, 1.82) is 0 Å². The molecule has 0 atom stereocenters. The standard InChI is InChI=1S/C17H20BrNO4/c1-6-17(2,3)19-14-13(15(20)16(14)21)12-10(18)7-9(22-4)8-11(12)23-5/h7-8,19H,6H2,1-5H3. The van der Waals surface area contributed by atoms with Crippen molar-refractivity contribution in [2.75, 3.05) is 19.5 Å². The first kappa shape index (κ1) is 17.5. The largest absolute Gasteiger partial charge is 0.497 e. The molecule has 0 spiro atoms. The minimum absolute atomic E-state index is 0.289. The Morgan fingerprint density at radius 3 is 2.26 bits per heavy atom. The normalized spacial score (nSPS) is 11.6. The molecule has 0 aliphatic carbocycles. The molecule has 0 aliphatic rings. The molecule has 0 saturated carbocycles. The van der Waals surface area contributed by atoms with Crippen LogP contribution in [0.4, 0.5) is 5.69 Å². The summed E-state index contributed by atoms with van der Waals surface area (Å²) in [4.78, 5) is 24.2. The second-order valence-corrected chi connectivity index (χ2v) is 6.81. The highest BCUT2D eigenvalue weighted by molar-refractivity contribution is 9.10. The van der Waals surface area contributed by atoms with Crippen molar-refractivity contribution < 1.29 is 9.47 Å². The van der Waals surface area contributed by atoms with Gasteiger partial charge in [-0.2, -0.15) is 0 Å². The van der Waals surface area contributed by atoms with Crippen LogP contribution in [0.3, 0.4) is 0 Å². The van der Waals surface area contributed by atoms with E-state index in [2.05, 4.69) is 21.2 Å². The molecule has 0 unspecified atom stereocenters. The Morgan fingerprint density at radius 2 is 1.74 bits per heavy atom. The molecule has 2 rings (SSSR count). The summed E-state index contributed by atoms with van der Waals surface area (Å²) < 4.78 is 11.2. The topological polar surface area (TPSA) is 64.6 Å². The van der Waals surface area contributed by atoms with Crippen LogP contribution >= 0.6 is 15.9 Å². The molecule has 1 N–H and O–H groups in total. The summed E-state index contributed by atoms with van der Waals surface area (Å²) in [5, 5.41) is 3.18. The van der Waals surface area contributed by atoms with Crippen LogP contribution < -0.4 is 25.6 Å². The van der Waals surface area contributed by atoms with Gasteiger partial charge in [0.25, 0.3) is 0 Å². The Balaban J connectivity index is 2.63. The quantitative estimate of drug-likeness (QED) is 0.777. The van der Waals surface area contributed by atoms with Crippen molar-refractivity contribution in [1.82, 2.24) is 0 Å². The lowest BCUT2D eigenvalue weighted by atomic mass is 9.94. The van der Waals surface area contributed by atoms with Crippen molar-refractivity contribution in [3.63, 3.8) is 0 Å². The third kappa shape index (κ3) is 3.13. The van der Waals surface area contributed by atoms with Gasteiger partial charge in [-0.05, 0) is 42.3 Å². The Morgan fingerprint density at radius 1 is 1.09 bits per heavy atom. The molecule has 0 bridgehead atoms. The van der Waals surface area contributed by atoms with Crippen LogP contribution in [0.5, 0.6) is 11.5 Å². The van der Waals surface area contributed by atoms with Crippen molar-refractivity contribution >= 4 is 21.6 Å². The summed E-state index contributed by atoms with van der Waals surface area (Å²) in [6, 6.07) is 3.43. The van der Waals surface area contributed by atoms with E-state index < -0.39 is 10.9 Å². The fraction of sp³-hybridized carbons (Fsp3) is 0.412. The molecule has 0 fully saturated rings. The molecule has 2 aromatic rings. The van der Waals surface area contributed by atoms with Gasteiger partial charge in [0.05, 0.1) is 25.5 Å². The first-order chi connectivity index (χ1) is 10.8. The average molecular weight is 382 g/mol. The van der Waals surface area contributed by atoms with Gasteiger partial charge >= 0.3 is 0 Å². The van der Waals surface area contributed by atoms with Crippen LogP contribution in [0.1, 0.15) is 27.2 Å². The smallest absolute Gasteiger partial charge is 0.250 e. The van der Waals surface area contributed by atoms with E-state index in [0.29, 0.717) is 32.8 Å². The molecule has 2 aromatic carbocycles. The second kappa shape index (κ2) is 6.35. The Bertz CT molecular complexity index is 804. The van der Waals surface area contributed by atoms with Crippen molar-refractivity contribution in [3.8, 4) is 22.6 Å². The highest BCUT2D eigenvalue weighted by Crippen LogP contribution is 2.41. The van der Waals surface area contributed by atoms with Gasteiger partial charge in [0.2, 0.25) is 10.9 Å². The Kier molecular flexibility index (Phi) is 4.84. The van der Waals surface area contributed by atoms with Gasteiger partial charge in [-0.3, -0.25) is 9.59 Å². The van der Waals surface area contributed by atoms with Crippen molar-refractivity contribution in [2.45, 2.75) is 32.7 Å². The zero-order valence-electron chi connectivity index (χ0n) is 13.9. The summed E-state index contributed by atoms with van der Waals surface area (Å²) >= 11 is 3.44. The maximum atomic E-state index is 12.2. The van der Waals surface area contributed by atoms with Gasteiger partial charge in [-0.15, -0.1) is 0 Å². The Hall–Kier alpha value is -1.82. The van der Waals surface area contributed by atoms with Gasteiger partial charge in [-0.1, -0.05) is 6.92 Å². The number of ether oxygens (including phenoxy) is 2. The number of benzene rings is 1. The van der Waals surface area contributed by atoms with E-state index in [1.807, 2.05) is 20.8 Å². The highest BCUT2D eigenvalue weighted by Gasteiger charge is 2.30. The Labute approximate surface area is 143 Å². The van der Waals surface area contributed by atoms with Crippen LogP contribution in [-0.2, 0) is 0 Å². The molecule has 124 valence electrons. The number of hydrogen-bond acceptors (Lipinski definition) is 5. The number of anilines is 1. The zero-order valence-corrected chi connectivity index (χ0v) is 15.5. The summed E-state index contributed by atoms with van der Waals surface area (Å²) in [5.41, 5.74) is -0.0422. The molecule has 0 heterocycles. The summed E-state index contributed by atoms with van der Waals surface area (Å²) in [6.07, 6.45) is 0.812. The highest BCUT2D eigenvalue weighted by atomic mass is 79.9. The molecule has 0 amide bonds. The van der Waals surface area contributed by atoms with Crippen LogP contribution in [0.15, 0.2) is 26.2 Å². The molecule has 0 saturated heterocycles. The van der Waals surface area contributed by atoms with E-state index in [1.165, 1.54) is 7.11 Å². The lowest BCUT2D eigenvalue weighted by Crippen LogP contribution is -2.42. The fourth-order valence-electron chi connectivity index (χ4n) is 2.26. The van der Waals surface area contributed by atoms with Crippen molar-refractivity contribution in [2.24, 2.45) is 0 Å². The number of rotatable bonds is 6. The summed E-state index contributed by atoms with van der Waals surface area (Å²) in [5.74, 6) is 1.07. The molecule has 0 aromatic heterocycles. The van der Waals surface area contributed by atoms with E-state index in [4.69, 9.17) is 9.47 Å². The number of methoxy groups -OCH3 is 2. The SMILES string of the molecule is CCC(C)(C)Nc1c(-c2c(Br)cc(OC)cc2OC)c(=O)c1=O. The minimum Gasteiger partial charge on any atom is -0.497 e. The maximum absolute atomic E-state index is 12.2. The molecular formula is C17H20BrNO4. The molecule has 5 nitrogen and oxygen atoms in total. The third-order valence-electron chi connectivity index (χ3n) is 3.99. The average Bonchev–Trinajstić information content (AvgIpc) is 2.54. The summed E-state index contributed by atoms with van der Waals surface area (Å²) in [7, 11) is 3.06. The first-order valence-corrected chi connectivity index (χ1v) is 8.08. The molecular weight excluding hydrogens is 362 g/mol. The van der Waals surface area contributed by atoms with E-state index in [0.717, 1.165) is 6.42 Å². The number of hydrogen-bond donors (Lipinski definition) is 1. The van der Waals surface area contributed by atoms with Gasteiger partial charge in [0.15, 0.2) is 0 Å². The van der Waals surface area contributed by atoms with Crippen molar-refractivity contribution in [3.05, 3.63) is 37.1 Å². The molecule has 0 radical (unpaired) electrons. The third-order valence-corrected chi connectivity index (χ3v) is 4.62. The zero-order chi connectivity index (χ0) is 17.4. The minimum atomic E-state index is -0.511. The van der Waals surface area contributed by atoms with Crippen LogP contribution in [-0.4, -0.2) is 19.8 Å². The number of nitrogens with one attached hydrogen (secondary N) is 1. The second-order valence-electron chi connectivity index (χ2n) is 5.96. The predicted molar refractivity (Wildman–Crippen MR) is 95.6 cm³/mol. The number of halogens is 1. The molecule has 6 heteroatoms. The van der Waals surface area contributed by atoms with Crippen LogP contribution in [0, 0.1) is 0 Å². The van der Waals surface area contributed by atoms with Gasteiger partial charge in [0.1, 0.15) is 11.5 Å². The molecule has 0 aliphatic heterocycles. The fourth-order valence-corrected chi connectivity index (χ4v) is 2.87. The summed E-state index contributed by atoms with van der Waals surface area (Å²) in [6.45, 7) is 5.98. The van der Waals surface area contributed by atoms with Crippen LogP contribution in [0.25, 0.3) is 11.1 Å². The van der Waals surface area contributed by atoms with Crippen LogP contribution in [0.2, 0.25) is 0 Å².